The Hall–Kier alpha value is -0.870. The van der Waals surface area contributed by atoms with Gasteiger partial charge in [0.25, 0.3) is 0 Å². The van der Waals surface area contributed by atoms with Crippen LogP contribution in [0.2, 0.25) is 0 Å². The Kier molecular flexibility index (Phi) is 3.16. The molecule has 1 aromatic carbocycles. The lowest BCUT2D eigenvalue weighted by Crippen LogP contribution is -2.39. The Morgan fingerprint density at radius 1 is 1.11 bits per heavy atom. The minimum Gasteiger partial charge on any atom is -0.212 e. The monoisotopic (exact) mass is 265 g/mol. The van der Waals surface area contributed by atoms with E-state index in [-0.39, 0.29) is 11.8 Å². The molecule has 0 saturated heterocycles. The van der Waals surface area contributed by atoms with Crippen LogP contribution < -0.4 is 4.72 Å². The highest BCUT2D eigenvalue weighted by molar-refractivity contribution is 7.88. The minimum atomic E-state index is -3.19. The SMILES string of the molecule is O=S(=O)(Cc1ccccc1)NC1CC2CCC1C2. The molecule has 3 unspecified atom stereocenters. The third-order valence-corrected chi connectivity index (χ3v) is 5.64. The van der Waals surface area contributed by atoms with Crippen LogP contribution in [0.3, 0.4) is 0 Å². The lowest BCUT2D eigenvalue weighted by Gasteiger charge is -2.22. The van der Waals surface area contributed by atoms with E-state index in [1.54, 1.807) is 0 Å². The summed E-state index contributed by atoms with van der Waals surface area (Å²) < 4.78 is 27.1. The first kappa shape index (κ1) is 12.2. The zero-order valence-electron chi connectivity index (χ0n) is 10.4. The van der Waals surface area contributed by atoms with Crippen molar-refractivity contribution in [3.8, 4) is 0 Å². The molecule has 2 saturated carbocycles. The molecule has 3 rings (SSSR count). The maximum Gasteiger partial charge on any atom is 0.216 e. The molecule has 0 radical (unpaired) electrons. The molecule has 18 heavy (non-hydrogen) atoms. The molecule has 3 nitrogen and oxygen atoms in total. The summed E-state index contributed by atoms with van der Waals surface area (Å²) in [5, 5.41) is 0. The van der Waals surface area contributed by atoms with Crippen LogP contribution in [0.1, 0.15) is 31.2 Å². The molecule has 2 bridgehead atoms. The quantitative estimate of drug-likeness (QED) is 0.908. The first-order valence-electron chi connectivity index (χ1n) is 6.66. The van der Waals surface area contributed by atoms with E-state index in [0.717, 1.165) is 17.9 Å². The van der Waals surface area contributed by atoms with Gasteiger partial charge in [0.05, 0.1) is 5.75 Å². The zero-order valence-corrected chi connectivity index (χ0v) is 11.2. The van der Waals surface area contributed by atoms with Crippen LogP contribution in [0.25, 0.3) is 0 Å². The van der Waals surface area contributed by atoms with Gasteiger partial charge in [-0.25, -0.2) is 13.1 Å². The third kappa shape index (κ3) is 2.59. The second kappa shape index (κ2) is 4.67. The Morgan fingerprint density at radius 2 is 1.89 bits per heavy atom. The van der Waals surface area contributed by atoms with E-state index in [1.807, 2.05) is 30.3 Å². The molecule has 0 heterocycles. The summed E-state index contributed by atoms with van der Waals surface area (Å²) in [4.78, 5) is 0. The van der Waals surface area contributed by atoms with Gasteiger partial charge in [0.1, 0.15) is 0 Å². The minimum absolute atomic E-state index is 0.0989. The predicted molar refractivity (Wildman–Crippen MR) is 71.4 cm³/mol. The van der Waals surface area contributed by atoms with Crippen molar-refractivity contribution in [3.05, 3.63) is 35.9 Å². The van der Waals surface area contributed by atoms with Crippen molar-refractivity contribution in [2.45, 2.75) is 37.5 Å². The summed E-state index contributed by atoms with van der Waals surface area (Å²) >= 11 is 0. The molecule has 1 N–H and O–H groups in total. The van der Waals surface area contributed by atoms with Crippen LogP contribution in [-0.2, 0) is 15.8 Å². The highest BCUT2D eigenvalue weighted by atomic mass is 32.2. The second-order valence-corrected chi connectivity index (χ2v) is 7.40. The predicted octanol–water partition coefficient (Wildman–Crippen LogP) is 2.29. The number of hydrogen-bond acceptors (Lipinski definition) is 2. The maximum atomic E-state index is 12.1. The van der Waals surface area contributed by atoms with E-state index >= 15 is 0 Å². The van der Waals surface area contributed by atoms with Crippen molar-refractivity contribution >= 4 is 10.0 Å². The molecule has 98 valence electrons. The largest absolute Gasteiger partial charge is 0.216 e. The van der Waals surface area contributed by atoms with Crippen molar-refractivity contribution in [3.63, 3.8) is 0 Å². The van der Waals surface area contributed by atoms with E-state index in [4.69, 9.17) is 0 Å². The number of benzene rings is 1. The van der Waals surface area contributed by atoms with E-state index in [9.17, 15) is 8.42 Å². The van der Waals surface area contributed by atoms with Crippen LogP contribution in [-0.4, -0.2) is 14.5 Å². The van der Waals surface area contributed by atoms with E-state index in [0.29, 0.717) is 5.92 Å². The molecule has 0 aliphatic heterocycles. The zero-order chi connectivity index (χ0) is 12.6. The van der Waals surface area contributed by atoms with Crippen LogP contribution >= 0.6 is 0 Å². The standard InChI is InChI=1S/C14H19NO2S/c16-18(17,10-11-4-2-1-3-5-11)15-14-9-12-6-7-13(14)8-12/h1-5,12-15H,6-10H2. The highest BCUT2D eigenvalue weighted by Gasteiger charge is 2.40. The molecule has 2 aliphatic carbocycles. The summed E-state index contributed by atoms with van der Waals surface area (Å²) in [7, 11) is -3.19. The number of nitrogens with one attached hydrogen (secondary N) is 1. The van der Waals surface area contributed by atoms with Gasteiger partial charge < -0.3 is 0 Å². The van der Waals surface area contributed by atoms with Gasteiger partial charge in [-0.2, -0.15) is 0 Å². The molecule has 0 amide bonds. The number of sulfonamides is 1. The van der Waals surface area contributed by atoms with Gasteiger partial charge >= 0.3 is 0 Å². The third-order valence-electron chi connectivity index (χ3n) is 4.27. The smallest absolute Gasteiger partial charge is 0.212 e. The van der Waals surface area contributed by atoms with Gasteiger partial charge in [0, 0.05) is 6.04 Å². The molecule has 1 aromatic rings. The van der Waals surface area contributed by atoms with Crippen molar-refractivity contribution in [1.82, 2.24) is 4.72 Å². The maximum absolute atomic E-state index is 12.1. The van der Waals surface area contributed by atoms with Gasteiger partial charge in [0.15, 0.2) is 0 Å². The fourth-order valence-electron chi connectivity index (χ4n) is 3.46. The van der Waals surface area contributed by atoms with Gasteiger partial charge in [-0.15, -0.1) is 0 Å². The highest BCUT2D eigenvalue weighted by Crippen LogP contribution is 2.44. The average molecular weight is 265 g/mol. The van der Waals surface area contributed by atoms with Crippen LogP contribution in [0.4, 0.5) is 0 Å². The van der Waals surface area contributed by atoms with Crippen molar-refractivity contribution < 1.29 is 8.42 Å². The van der Waals surface area contributed by atoms with Crippen molar-refractivity contribution in [2.24, 2.45) is 11.8 Å². The van der Waals surface area contributed by atoms with Gasteiger partial charge in [-0.1, -0.05) is 36.8 Å². The first-order valence-corrected chi connectivity index (χ1v) is 8.31. The topological polar surface area (TPSA) is 46.2 Å². The molecule has 0 aromatic heterocycles. The van der Waals surface area contributed by atoms with E-state index < -0.39 is 10.0 Å². The summed E-state index contributed by atoms with van der Waals surface area (Å²) in [5.74, 6) is 1.45. The summed E-state index contributed by atoms with van der Waals surface area (Å²) in [6, 6.07) is 9.57. The summed E-state index contributed by atoms with van der Waals surface area (Å²) in [6.45, 7) is 0. The summed E-state index contributed by atoms with van der Waals surface area (Å²) in [6.07, 6.45) is 4.75. The van der Waals surface area contributed by atoms with Crippen molar-refractivity contribution in [2.75, 3.05) is 0 Å². The molecular weight excluding hydrogens is 246 g/mol. The van der Waals surface area contributed by atoms with Crippen LogP contribution in [0.5, 0.6) is 0 Å². The first-order chi connectivity index (χ1) is 8.62. The lowest BCUT2D eigenvalue weighted by molar-refractivity contribution is 0.390. The fraction of sp³-hybridized carbons (Fsp3) is 0.571. The van der Waals surface area contributed by atoms with E-state index in [2.05, 4.69) is 4.72 Å². The Labute approximate surface area is 109 Å². The van der Waals surface area contributed by atoms with Gasteiger partial charge in [-0.3, -0.25) is 0 Å². The van der Waals surface area contributed by atoms with Gasteiger partial charge in [0.2, 0.25) is 10.0 Å². The number of rotatable bonds is 4. The molecule has 0 spiro atoms. The van der Waals surface area contributed by atoms with E-state index in [1.165, 1.54) is 19.3 Å². The molecule has 4 heteroatoms. The van der Waals surface area contributed by atoms with Crippen molar-refractivity contribution in [1.29, 1.82) is 0 Å². The molecular formula is C14H19NO2S. The Morgan fingerprint density at radius 3 is 2.50 bits per heavy atom. The average Bonchev–Trinajstić information content (AvgIpc) is 2.90. The second-order valence-electron chi connectivity index (χ2n) is 5.64. The van der Waals surface area contributed by atoms with Crippen LogP contribution in [0, 0.1) is 11.8 Å². The number of fused-ring (bicyclic) bond motifs is 2. The molecule has 2 fully saturated rings. The Bertz CT molecular complexity index is 512. The van der Waals surface area contributed by atoms with Gasteiger partial charge in [-0.05, 0) is 36.7 Å². The van der Waals surface area contributed by atoms with Crippen LogP contribution in [0.15, 0.2) is 30.3 Å². The fourth-order valence-corrected chi connectivity index (χ4v) is 4.92. The normalized spacial score (nSPS) is 30.8. The number of hydrogen-bond donors (Lipinski definition) is 1. The molecule has 3 atom stereocenters. The summed E-state index contributed by atoms with van der Waals surface area (Å²) in [5.41, 5.74) is 0.855. The molecule has 2 aliphatic rings. The Balaban J connectivity index is 1.65. The lowest BCUT2D eigenvalue weighted by atomic mass is 9.96.